The summed E-state index contributed by atoms with van der Waals surface area (Å²) in [5.41, 5.74) is 9.87. The third-order valence-electron chi connectivity index (χ3n) is 9.11. The van der Waals surface area contributed by atoms with E-state index in [1.165, 1.54) is 18.3 Å². The molecule has 0 atom stereocenters. The van der Waals surface area contributed by atoms with Crippen molar-refractivity contribution in [3.8, 4) is 11.5 Å². The molecule has 66 heavy (non-hydrogen) atoms. The number of carbonyl (C=O) groups is 2. The molecule has 4 aromatic rings. The topological polar surface area (TPSA) is 157 Å². The lowest BCUT2D eigenvalue weighted by Gasteiger charge is -2.11. The van der Waals surface area contributed by atoms with Crippen molar-refractivity contribution in [3.63, 3.8) is 0 Å². The van der Waals surface area contributed by atoms with Crippen LogP contribution in [-0.4, -0.2) is 118 Å². The van der Waals surface area contributed by atoms with Gasteiger partial charge in [0, 0.05) is 24.0 Å². The lowest BCUT2D eigenvalue weighted by atomic mass is 10.1. The van der Waals surface area contributed by atoms with Gasteiger partial charge in [-0.05, 0) is 57.3 Å². The molecule has 14 nitrogen and oxygen atoms in total. The molecule has 2 heterocycles. The third kappa shape index (κ3) is 16.8. The standard InChI is InChI=1S/C48H52N4O10S4/c1-55-19-21-57-23-25-59-27-29-61-41-9-5-3-7-39(41)45(53)51-49-31-35-11-15-37(16-12-35)43-33-63-47(65-43)48-64-34-44(66-48)38-17-13-36(14-18-38)32-50-52-46(54)40-8-4-6-10-42(40)62-30-28-60-26-24-58-22-20-56-2/h3-18,31-34H,19-30H2,1-2H3,(H,51,53)(H,52,54)/b48-47-,49-31+,50-32+. The van der Waals surface area contributed by atoms with Crippen molar-refractivity contribution in [2.24, 2.45) is 10.2 Å². The van der Waals surface area contributed by atoms with Crippen LogP contribution in [0.15, 0.2) is 127 Å². The van der Waals surface area contributed by atoms with Crippen LogP contribution < -0.4 is 20.3 Å². The summed E-state index contributed by atoms with van der Waals surface area (Å²) in [4.78, 5) is 28.2. The van der Waals surface area contributed by atoms with Crippen molar-refractivity contribution in [1.82, 2.24) is 10.9 Å². The first-order valence-corrected chi connectivity index (χ1v) is 24.4. The normalized spacial score (nSPS) is 14.8. The highest BCUT2D eigenvalue weighted by Crippen LogP contribution is 2.58. The van der Waals surface area contributed by atoms with Crippen molar-refractivity contribution in [3.05, 3.63) is 150 Å². The average molecular weight is 973 g/mol. The second kappa shape index (κ2) is 29.0. The van der Waals surface area contributed by atoms with Gasteiger partial charge in [0.2, 0.25) is 0 Å². The van der Waals surface area contributed by atoms with Crippen molar-refractivity contribution in [2.75, 3.05) is 93.5 Å². The van der Waals surface area contributed by atoms with Crippen LogP contribution in [-0.2, 0) is 28.4 Å². The first-order chi connectivity index (χ1) is 32.5. The van der Waals surface area contributed by atoms with Gasteiger partial charge in [0.05, 0.1) is 98.1 Å². The number of nitrogens with zero attached hydrogens (tertiary/aromatic N) is 2. The highest BCUT2D eigenvalue weighted by molar-refractivity contribution is 8.36. The molecule has 348 valence electrons. The molecule has 6 rings (SSSR count). The maximum absolute atomic E-state index is 12.9. The molecular weight excluding hydrogens is 921 g/mol. The fourth-order valence-corrected chi connectivity index (χ4v) is 10.7. The molecule has 2 amide bonds. The summed E-state index contributed by atoms with van der Waals surface area (Å²) >= 11 is 6.96. The van der Waals surface area contributed by atoms with Crippen LogP contribution in [0.4, 0.5) is 0 Å². The molecule has 0 radical (unpaired) electrons. The molecule has 0 fully saturated rings. The van der Waals surface area contributed by atoms with Gasteiger partial charge in [0.1, 0.15) is 24.7 Å². The molecule has 0 bridgehead atoms. The number of benzene rings is 4. The molecule has 2 aliphatic rings. The van der Waals surface area contributed by atoms with Crippen LogP contribution in [0.25, 0.3) is 9.81 Å². The Bertz CT molecular complexity index is 2160. The van der Waals surface area contributed by atoms with Crippen molar-refractivity contribution >= 4 is 81.1 Å². The molecule has 0 saturated heterocycles. The van der Waals surface area contributed by atoms with E-state index < -0.39 is 0 Å². The van der Waals surface area contributed by atoms with Crippen LogP contribution >= 0.6 is 47.0 Å². The van der Waals surface area contributed by atoms with Crippen LogP contribution in [0.2, 0.25) is 0 Å². The molecule has 2 N–H and O–H groups in total. The number of hydrogen-bond acceptors (Lipinski definition) is 16. The zero-order valence-electron chi connectivity index (χ0n) is 36.6. The van der Waals surface area contributed by atoms with Crippen molar-refractivity contribution in [1.29, 1.82) is 0 Å². The van der Waals surface area contributed by atoms with Crippen LogP contribution in [0.5, 0.6) is 11.5 Å². The van der Waals surface area contributed by atoms with Crippen LogP contribution in [0.1, 0.15) is 43.0 Å². The summed E-state index contributed by atoms with van der Waals surface area (Å²) in [6.07, 6.45) is 3.23. The summed E-state index contributed by atoms with van der Waals surface area (Å²) in [6, 6.07) is 30.2. The molecule has 0 spiro atoms. The summed E-state index contributed by atoms with van der Waals surface area (Å²) < 4.78 is 45.8. The summed E-state index contributed by atoms with van der Waals surface area (Å²) in [7, 11) is 3.26. The molecule has 4 aromatic carbocycles. The highest BCUT2D eigenvalue weighted by atomic mass is 32.2. The number of rotatable bonds is 28. The van der Waals surface area contributed by atoms with Gasteiger partial charge in [-0.1, -0.05) is 120 Å². The summed E-state index contributed by atoms with van der Waals surface area (Å²) in [5, 5.41) is 12.7. The van der Waals surface area contributed by atoms with E-state index in [1.54, 1.807) is 110 Å². The van der Waals surface area contributed by atoms with E-state index in [0.717, 1.165) is 22.3 Å². The lowest BCUT2D eigenvalue weighted by molar-refractivity contribution is 0.0179. The van der Waals surface area contributed by atoms with Gasteiger partial charge < -0.3 is 37.9 Å². The molecule has 0 saturated carbocycles. The van der Waals surface area contributed by atoms with E-state index in [1.807, 2.05) is 36.4 Å². The van der Waals surface area contributed by atoms with Crippen molar-refractivity contribution < 1.29 is 47.5 Å². The molecule has 0 unspecified atom stereocenters. The Morgan fingerprint density at radius 2 is 0.848 bits per heavy atom. The molecule has 18 heteroatoms. The lowest BCUT2D eigenvalue weighted by Crippen LogP contribution is -2.19. The number of thioether (sulfide) groups is 4. The smallest absolute Gasteiger partial charge is 0.275 e. The molecule has 0 aromatic heterocycles. The van der Waals surface area contributed by atoms with E-state index in [4.69, 9.17) is 37.9 Å². The van der Waals surface area contributed by atoms with Crippen molar-refractivity contribution in [2.45, 2.75) is 0 Å². The maximum atomic E-state index is 12.9. The number of methoxy groups -OCH3 is 2. The number of hydrogen-bond donors (Lipinski definition) is 2. The zero-order chi connectivity index (χ0) is 46.0. The van der Waals surface area contributed by atoms with Gasteiger partial charge >= 0.3 is 0 Å². The number of ether oxygens (including phenoxy) is 8. The SMILES string of the molecule is COCCOCCOCCOc1ccccc1C(=O)N/N=C/c1ccc(C2=CS/C(=C3\SC=C(c4ccc(/C=N/NC(=O)c5ccccc5OCCOCCOCCOC)cc4)S3)S2)cc1. The number of nitrogens with one attached hydrogen (secondary N) is 2. The molecule has 2 aliphatic heterocycles. The molecule has 0 aliphatic carbocycles. The second-order valence-electron chi connectivity index (χ2n) is 13.7. The Kier molecular flexibility index (Phi) is 22.2. The zero-order valence-corrected chi connectivity index (χ0v) is 39.9. The van der Waals surface area contributed by atoms with Crippen LogP contribution in [0.3, 0.4) is 0 Å². The maximum Gasteiger partial charge on any atom is 0.275 e. The van der Waals surface area contributed by atoms with E-state index in [2.05, 4.69) is 56.1 Å². The minimum absolute atomic E-state index is 0.290. The first kappa shape index (κ1) is 50.6. The Balaban J connectivity index is 0.900. The number of amides is 2. The van der Waals surface area contributed by atoms with E-state index in [0.29, 0.717) is 88.7 Å². The fraction of sp³-hybridized carbons (Fsp3) is 0.292. The summed E-state index contributed by atoms with van der Waals surface area (Å²) in [5.74, 6) is 0.155. The second-order valence-corrected chi connectivity index (χ2v) is 18.1. The Labute approximate surface area is 402 Å². The Hall–Kier alpha value is -4.86. The summed E-state index contributed by atoms with van der Waals surface area (Å²) in [6.45, 7) is 5.27. The fourth-order valence-electron chi connectivity index (χ4n) is 5.77. The molecular formula is C48H52N4O10S4. The van der Waals surface area contributed by atoms with E-state index in [-0.39, 0.29) is 25.0 Å². The highest BCUT2D eigenvalue weighted by Gasteiger charge is 2.23. The Morgan fingerprint density at radius 3 is 1.24 bits per heavy atom. The van der Waals surface area contributed by atoms with Gasteiger partial charge in [0.25, 0.3) is 11.8 Å². The minimum atomic E-state index is -0.374. The number of para-hydroxylation sites is 2. The van der Waals surface area contributed by atoms with Gasteiger partial charge in [-0.2, -0.15) is 10.2 Å². The van der Waals surface area contributed by atoms with E-state index in [9.17, 15) is 9.59 Å². The Morgan fingerprint density at radius 1 is 0.485 bits per heavy atom. The monoisotopic (exact) mass is 972 g/mol. The quantitative estimate of drug-likeness (QED) is 0.0317. The third-order valence-corrected chi connectivity index (χ3v) is 14.5. The van der Waals surface area contributed by atoms with Gasteiger partial charge in [0.15, 0.2) is 0 Å². The van der Waals surface area contributed by atoms with Crippen LogP contribution in [0, 0.1) is 0 Å². The van der Waals surface area contributed by atoms with Gasteiger partial charge in [-0.15, -0.1) is 0 Å². The van der Waals surface area contributed by atoms with E-state index >= 15 is 0 Å². The predicted octanol–water partition coefficient (Wildman–Crippen LogP) is 8.71. The average Bonchev–Trinajstić information content (AvgIpc) is 4.05. The van der Waals surface area contributed by atoms with Gasteiger partial charge in [-0.3, -0.25) is 9.59 Å². The predicted molar refractivity (Wildman–Crippen MR) is 267 cm³/mol. The largest absolute Gasteiger partial charge is 0.490 e. The van der Waals surface area contributed by atoms with Gasteiger partial charge in [-0.25, -0.2) is 10.9 Å². The number of hydrazone groups is 2. The first-order valence-electron chi connectivity index (χ1n) is 21.0. The number of carbonyl (C=O) groups excluding carboxylic acids is 2. The minimum Gasteiger partial charge on any atom is -0.490 e.